The standard InChI is InChI=1S/C14H16ClN3/c15-12-3-4-13(14-11(12)2-1-6-17-14)18-7-5-10(8-16)9-18/h1-4,6,10H,5,7-9,16H2. The highest BCUT2D eigenvalue weighted by Crippen LogP contribution is 2.33. The largest absolute Gasteiger partial charge is 0.369 e. The van der Waals surface area contributed by atoms with E-state index in [0.717, 1.165) is 42.0 Å². The maximum Gasteiger partial charge on any atom is 0.0950 e. The minimum atomic E-state index is 0.597. The van der Waals surface area contributed by atoms with Gasteiger partial charge in [-0.25, -0.2) is 0 Å². The minimum Gasteiger partial charge on any atom is -0.369 e. The Bertz CT molecular complexity index is 570. The third kappa shape index (κ3) is 1.93. The van der Waals surface area contributed by atoms with Crippen LogP contribution >= 0.6 is 11.6 Å². The van der Waals surface area contributed by atoms with Crippen LogP contribution in [0.1, 0.15) is 6.42 Å². The van der Waals surface area contributed by atoms with Crippen molar-refractivity contribution in [3.05, 3.63) is 35.5 Å². The topological polar surface area (TPSA) is 42.1 Å². The lowest BCUT2D eigenvalue weighted by Gasteiger charge is -2.20. The molecule has 0 spiro atoms. The molecule has 2 aromatic rings. The molecule has 2 heterocycles. The first-order valence-corrected chi connectivity index (χ1v) is 6.65. The van der Waals surface area contributed by atoms with Crippen LogP contribution in [0, 0.1) is 5.92 Å². The van der Waals surface area contributed by atoms with E-state index in [1.807, 2.05) is 24.4 Å². The summed E-state index contributed by atoms with van der Waals surface area (Å²) in [4.78, 5) is 6.84. The van der Waals surface area contributed by atoms with E-state index in [0.29, 0.717) is 5.92 Å². The van der Waals surface area contributed by atoms with Crippen LogP contribution in [0.25, 0.3) is 10.9 Å². The molecule has 0 aliphatic carbocycles. The normalized spacial score (nSPS) is 19.7. The molecular weight excluding hydrogens is 246 g/mol. The summed E-state index contributed by atoms with van der Waals surface area (Å²) in [5.41, 5.74) is 7.91. The molecule has 4 heteroatoms. The first kappa shape index (κ1) is 11.8. The number of fused-ring (bicyclic) bond motifs is 1. The maximum atomic E-state index is 6.21. The SMILES string of the molecule is NCC1CCN(c2ccc(Cl)c3cccnc23)C1. The number of rotatable bonds is 2. The van der Waals surface area contributed by atoms with Gasteiger partial charge in [0.1, 0.15) is 0 Å². The molecule has 1 aromatic carbocycles. The molecule has 1 aliphatic rings. The van der Waals surface area contributed by atoms with E-state index in [4.69, 9.17) is 17.3 Å². The van der Waals surface area contributed by atoms with Crippen LogP contribution in [0.5, 0.6) is 0 Å². The van der Waals surface area contributed by atoms with Crippen molar-refractivity contribution in [2.75, 3.05) is 24.5 Å². The Kier molecular flexibility index (Phi) is 3.10. The van der Waals surface area contributed by atoms with Crippen molar-refractivity contribution in [2.24, 2.45) is 11.7 Å². The highest BCUT2D eigenvalue weighted by molar-refractivity contribution is 6.35. The van der Waals surface area contributed by atoms with Crippen molar-refractivity contribution in [1.82, 2.24) is 4.98 Å². The molecule has 1 atom stereocenters. The highest BCUT2D eigenvalue weighted by atomic mass is 35.5. The predicted octanol–water partition coefficient (Wildman–Crippen LogP) is 2.67. The summed E-state index contributed by atoms with van der Waals surface area (Å²) in [6.45, 7) is 2.83. The molecule has 1 aromatic heterocycles. The number of nitrogens with two attached hydrogens (primary N) is 1. The zero-order valence-electron chi connectivity index (χ0n) is 10.1. The van der Waals surface area contributed by atoms with E-state index in [1.54, 1.807) is 0 Å². The van der Waals surface area contributed by atoms with Gasteiger partial charge in [-0.3, -0.25) is 4.98 Å². The Morgan fingerprint density at radius 1 is 1.39 bits per heavy atom. The molecule has 1 unspecified atom stereocenters. The van der Waals surface area contributed by atoms with Crippen LogP contribution in [0.2, 0.25) is 5.02 Å². The summed E-state index contributed by atoms with van der Waals surface area (Å²) in [7, 11) is 0. The van der Waals surface area contributed by atoms with Gasteiger partial charge in [-0.15, -0.1) is 0 Å². The van der Waals surface area contributed by atoms with Crippen LogP contribution in [-0.4, -0.2) is 24.6 Å². The Morgan fingerprint density at radius 3 is 3.06 bits per heavy atom. The number of benzene rings is 1. The monoisotopic (exact) mass is 261 g/mol. The zero-order chi connectivity index (χ0) is 12.5. The number of halogens is 1. The summed E-state index contributed by atoms with van der Waals surface area (Å²) in [6.07, 6.45) is 2.98. The smallest absolute Gasteiger partial charge is 0.0950 e. The summed E-state index contributed by atoms with van der Waals surface area (Å²) >= 11 is 6.21. The van der Waals surface area contributed by atoms with Gasteiger partial charge in [0, 0.05) is 24.7 Å². The van der Waals surface area contributed by atoms with Crippen molar-refractivity contribution in [2.45, 2.75) is 6.42 Å². The van der Waals surface area contributed by atoms with Gasteiger partial charge in [-0.2, -0.15) is 0 Å². The van der Waals surface area contributed by atoms with Gasteiger partial charge in [-0.1, -0.05) is 11.6 Å². The second-order valence-electron chi connectivity index (χ2n) is 4.80. The first-order chi connectivity index (χ1) is 8.79. The fourth-order valence-corrected chi connectivity index (χ4v) is 2.84. The second kappa shape index (κ2) is 4.75. The highest BCUT2D eigenvalue weighted by Gasteiger charge is 2.23. The lowest BCUT2D eigenvalue weighted by Crippen LogP contribution is -2.22. The molecule has 0 bridgehead atoms. The average Bonchev–Trinajstić information content (AvgIpc) is 2.88. The van der Waals surface area contributed by atoms with Crippen LogP contribution in [-0.2, 0) is 0 Å². The van der Waals surface area contributed by atoms with E-state index in [2.05, 4.69) is 16.0 Å². The van der Waals surface area contributed by atoms with Gasteiger partial charge in [0.25, 0.3) is 0 Å². The van der Waals surface area contributed by atoms with Gasteiger partial charge in [0.2, 0.25) is 0 Å². The van der Waals surface area contributed by atoms with Crippen molar-refractivity contribution in [1.29, 1.82) is 0 Å². The first-order valence-electron chi connectivity index (χ1n) is 6.28. The molecule has 0 saturated carbocycles. The molecule has 0 amide bonds. The van der Waals surface area contributed by atoms with Gasteiger partial charge in [-0.05, 0) is 43.1 Å². The molecule has 1 aliphatic heterocycles. The minimum absolute atomic E-state index is 0.597. The van der Waals surface area contributed by atoms with Gasteiger partial charge in [0.05, 0.1) is 16.2 Å². The van der Waals surface area contributed by atoms with E-state index in [1.165, 1.54) is 5.69 Å². The molecule has 3 nitrogen and oxygen atoms in total. The molecule has 94 valence electrons. The number of aromatic nitrogens is 1. The van der Waals surface area contributed by atoms with Gasteiger partial charge in [0.15, 0.2) is 0 Å². The molecule has 1 fully saturated rings. The Balaban J connectivity index is 2.05. The van der Waals surface area contributed by atoms with Gasteiger partial charge >= 0.3 is 0 Å². The molecule has 2 N–H and O–H groups in total. The number of pyridine rings is 1. The Hall–Kier alpha value is -1.32. The number of hydrogen-bond donors (Lipinski definition) is 1. The summed E-state index contributed by atoms with van der Waals surface area (Å²) < 4.78 is 0. The average molecular weight is 262 g/mol. The van der Waals surface area contributed by atoms with Crippen molar-refractivity contribution in [3.8, 4) is 0 Å². The fourth-order valence-electron chi connectivity index (χ4n) is 2.62. The third-order valence-electron chi connectivity index (χ3n) is 3.66. The van der Waals surface area contributed by atoms with Crippen LogP contribution in [0.4, 0.5) is 5.69 Å². The third-order valence-corrected chi connectivity index (χ3v) is 3.98. The van der Waals surface area contributed by atoms with Crippen molar-refractivity contribution >= 4 is 28.2 Å². The van der Waals surface area contributed by atoms with E-state index in [-0.39, 0.29) is 0 Å². The van der Waals surface area contributed by atoms with Gasteiger partial charge < -0.3 is 10.6 Å². The van der Waals surface area contributed by atoms with Crippen molar-refractivity contribution < 1.29 is 0 Å². The quantitative estimate of drug-likeness (QED) is 0.904. The molecule has 3 rings (SSSR count). The fraction of sp³-hybridized carbons (Fsp3) is 0.357. The molecule has 1 saturated heterocycles. The molecule has 0 radical (unpaired) electrons. The summed E-state index contributed by atoms with van der Waals surface area (Å²) in [5.74, 6) is 0.597. The Labute approximate surface area is 112 Å². The van der Waals surface area contributed by atoms with Crippen LogP contribution in [0.3, 0.4) is 0 Å². The second-order valence-corrected chi connectivity index (χ2v) is 5.21. The number of nitrogens with zero attached hydrogens (tertiary/aromatic N) is 2. The van der Waals surface area contributed by atoms with E-state index in [9.17, 15) is 0 Å². The maximum absolute atomic E-state index is 6.21. The van der Waals surface area contributed by atoms with Crippen molar-refractivity contribution in [3.63, 3.8) is 0 Å². The molecular formula is C14H16ClN3. The number of anilines is 1. The van der Waals surface area contributed by atoms with Crippen LogP contribution < -0.4 is 10.6 Å². The summed E-state index contributed by atoms with van der Waals surface area (Å²) in [6, 6.07) is 7.96. The predicted molar refractivity (Wildman–Crippen MR) is 76.1 cm³/mol. The lowest BCUT2D eigenvalue weighted by molar-refractivity contribution is 0.603. The molecule has 18 heavy (non-hydrogen) atoms. The van der Waals surface area contributed by atoms with E-state index < -0.39 is 0 Å². The zero-order valence-corrected chi connectivity index (χ0v) is 10.9. The summed E-state index contributed by atoms with van der Waals surface area (Å²) in [5, 5.41) is 1.78. The van der Waals surface area contributed by atoms with Crippen LogP contribution in [0.15, 0.2) is 30.5 Å². The number of hydrogen-bond acceptors (Lipinski definition) is 3. The lowest BCUT2D eigenvalue weighted by atomic mass is 10.1. The van der Waals surface area contributed by atoms with E-state index >= 15 is 0 Å². The Morgan fingerprint density at radius 2 is 2.28 bits per heavy atom.